The first kappa shape index (κ1) is 19.1. The first-order valence-electron chi connectivity index (χ1n) is 8.92. The van der Waals surface area contributed by atoms with Crippen LogP contribution in [0.25, 0.3) is 11.3 Å². The molecule has 1 amide bonds. The Balaban J connectivity index is 1.47. The summed E-state index contributed by atoms with van der Waals surface area (Å²) >= 11 is 1.54. The van der Waals surface area contributed by atoms with Crippen molar-refractivity contribution < 1.29 is 9.53 Å². The molecule has 3 aromatic rings. The lowest BCUT2D eigenvalue weighted by molar-refractivity contribution is -0.123. The number of nitrogens with one attached hydrogen (secondary N) is 1. The van der Waals surface area contributed by atoms with E-state index in [9.17, 15) is 4.79 Å². The predicted molar refractivity (Wildman–Crippen MR) is 110 cm³/mol. The maximum Gasteiger partial charge on any atom is 0.258 e. The fraction of sp³-hybridized carbons (Fsp3) is 0.273. The molecular formula is C22H24N2O2S. The van der Waals surface area contributed by atoms with Gasteiger partial charge in [-0.2, -0.15) is 0 Å². The minimum Gasteiger partial charge on any atom is -0.484 e. The Labute approximate surface area is 164 Å². The van der Waals surface area contributed by atoms with E-state index in [-0.39, 0.29) is 17.9 Å². The molecule has 0 bridgehead atoms. The molecule has 0 aliphatic heterocycles. The van der Waals surface area contributed by atoms with E-state index >= 15 is 0 Å². The number of thiazole rings is 1. The third-order valence-corrected chi connectivity index (χ3v) is 5.00. The molecule has 0 spiro atoms. The standard InChI is InChI=1S/C22H24N2O2S/c1-22(2,3)17-9-11-18(12-10-17)26-14-20(25)23-13-21-24-19(15-27-21)16-7-5-4-6-8-16/h4-12,15H,13-14H2,1-3H3,(H,23,25). The third kappa shape index (κ3) is 5.41. The van der Waals surface area contributed by atoms with Crippen molar-refractivity contribution in [1.82, 2.24) is 10.3 Å². The lowest BCUT2D eigenvalue weighted by Crippen LogP contribution is -2.28. The summed E-state index contributed by atoms with van der Waals surface area (Å²) in [5.74, 6) is 0.533. The summed E-state index contributed by atoms with van der Waals surface area (Å²) in [6.45, 7) is 6.89. The van der Waals surface area contributed by atoms with Gasteiger partial charge in [0.2, 0.25) is 0 Å². The molecule has 0 aliphatic carbocycles. The Morgan fingerprint density at radius 1 is 1.07 bits per heavy atom. The molecule has 1 aromatic heterocycles. The van der Waals surface area contributed by atoms with Gasteiger partial charge in [-0.15, -0.1) is 11.3 Å². The molecule has 140 valence electrons. The van der Waals surface area contributed by atoms with Crippen LogP contribution < -0.4 is 10.1 Å². The van der Waals surface area contributed by atoms with E-state index < -0.39 is 0 Å². The van der Waals surface area contributed by atoms with Gasteiger partial charge in [0.05, 0.1) is 12.2 Å². The van der Waals surface area contributed by atoms with Gasteiger partial charge in [-0.3, -0.25) is 4.79 Å². The Kier molecular flexibility index (Phi) is 5.91. The molecule has 0 aliphatic rings. The summed E-state index contributed by atoms with van der Waals surface area (Å²) in [6, 6.07) is 17.9. The smallest absolute Gasteiger partial charge is 0.258 e. The van der Waals surface area contributed by atoms with Gasteiger partial charge in [0.1, 0.15) is 10.8 Å². The van der Waals surface area contributed by atoms with Crippen molar-refractivity contribution in [3.05, 3.63) is 70.5 Å². The summed E-state index contributed by atoms with van der Waals surface area (Å²) < 4.78 is 5.57. The van der Waals surface area contributed by atoms with Crippen molar-refractivity contribution >= 4 is 17.2 Å². The highest BCUT2D eigenvalue weighted by atomic mass is 32.1. The average molecular weight is 381 g/mol. The van der Waals surface area contributed by atoms with E-state index in [1.165, 1.54) is 16.9 Å². The highest BCUT2D eigenvalue weighted by molar-refractivity contribution is 7.09. The molecule has 0 fully saturated rings. The largest absolute Gasteiger partial charge is 0.484 e. The van der Waals surface area contributed by atoms with Crippen LogP contribution >= 0.6 is 11.3 Å². The molecule has 5 heteroatoms. The highest BCUT2D eigenvalue weighted by Gasteiger charge is 2.13. The number of carbonyl (C=O) groups excluding carboxylic acids is 1. The topological polar surface area (TPSA) is 51.2 Å². The van der Waals surface area contributed by atoms with Crippen molar-refractivity contribution in [2.24, 2.45) is 0 Å². The fourth-order valence-corrected chi connectivity index (χ4v) is 3.30. The number of hydrogen-bond donors (Lipinski definition) is 1. The second kappa shape index (κ2) is 8.35. The Bertz CT molecular complexity index is 881. The zero-order valence-electron chi connectivity index (χ0n) is 15.9. The monoisotopic (exact) mass is 380 g/mol. The van der Waals surface area contributed by atoms with Crippen LogP contribution in [0.15, 0.2) is 60.0 Å². The lowest BCUT2D eigenvalue weighted by Gasteiger charge is -2.19. The fourth-order valence-electron chi connectivity index (χ4n) is 2.56. The highest BCUT2D eigenvalue weighted by Crippen LogP contribution is 2.24. The lowest BCUT2D eigenvalue weighted by atomic mass is 9.87. The molecule has 1 heterocycles. The molecular weight excluding hydrogens is 356 g/mol. The third-order valence-electron chi connectivity index (χ3n) is 4.15. The summed E-state index contributed by atoms with van der Waals surface area (Å²) in [4.78, 5) is 16.6. The SMILES string of the molecule is CC(C)(C)c1ccc(OCC(=O)NCc2nc(-c3ccccc3)cs2)cc1. The Morgan fingerprint density at radius 2 is 1.78 bits per heavy atom. The number of ether oxygens (including phenoxy) is 1. The normalized spacial score (nSPS) is 11.2. The Morgan fingerprint density at radius 3 is 2.44 bits per heavy atom. The number of rotatable bonds is 6. The maximum atomic E-state index is 12.0. The summed E-state index contributed by atoms with van der Waals surface area (Å²) in [7, 11) is 0. The number of carbonyl (C=O) groups is 1. The van der Waals surface area contributed by atoms with Crippen LogP contribution in [0.1, 0.15) is 31.3 Å². The zero-order chi connectivity index (χ0) is 19.3. The molecule has 4 nitrogen and oxygen atoms in total. The van der Waals surface area contributed by atoms with Gasteiger partial charge in [0, 0.05) is 10.9 Å². The predicted octanol–water partition coefficient (Wildman–Crippen LogP) is 4.80. The van der Waals surface area contributed by atoms with Crippen molar-refractivity contribution in [2.75, 3.05) is 6.61 Å². The van der Waals surface area contributed by atoms with E-state index in [0.717, 1.165) is 16.3 Å². The van der Waals surface area contributed by atoms with Gasteiger partial charge in [-0.05, 0) is 23.1 Å². The molecule has 27 heavy (non-hydrogen) atoms. The molecule has 1 N–H and O–H groups in total. The Hall–Kier alpha value is -2.66. The van der Waals surface area contributed by atoms with Gasteiger partial charge < -0.3 is 10.1 Å². The molecule has 3 rings (SSSR count). The van der Waals surface area contributed by atoms with Crippen LogP contribution in [0.2, 0.25) is 0 Å². The summed E-state index contributed by atoms with van der Waals surface area (Å²) in [5.41, 5.74) is 3.34. The number of nitrogens with zero attached hydrogens (tertiary/aromatic N) is 1. The van der Waals surface area contributed by atoms with Crippen LogP contribution in [-0.4, -0.2) is 17.5 Å². The second-order valence-corrected chi connectivity index (χ2v) is 8.27. The minimum atomic E-state index is -0.161. The molecule has 0 saturated carbocycles. The van der Waals surface area contributed by atoms with Crippen LogP contribution in [-0.2, 0) is 16.8 Å². The van der Waals surface area contributed by atoms with E-state index in [1.807, 2.05) is 60.0 Å². The van der Waals surface area contributed by atoms with Gasteiger partial charge >= 0.3 is 0 Å². The molecule has 0 radical (unpaired) electrons. The van der Waals surface area contributed by atoms with Gasteiger partial charge in [0.25, 0.3) is 5.91 Å². The molecule has 0 unspecified atom stereocenters. The van der Waals surface area contributed by atoms with E-state index in [2.05, 4.69) is 31.1 Å². The minimum absolute atomic E-state index is 0.00815. The van der Waals surface area contributed by atoms with Crippen LogP contribution in [0, 0.1) is 0 Å². The number of amides is 1. The van der Waals surface area contributed by atoms with E-state index in [1.54, 1.807) is 0 Å². The van der Waals surface area contributed by atoms with Crippen LogP contribution in [0.4, 0.5) is 0 Å². The molecule has 2 aromatic carbocycles. The zero-order valence-corrected chi connectivity index (χ0v) is 16.7. The first-order chi connectivity index (χ1) is 12.9. The van der Waals surface area contributed by atoms with Gasteiger partial charge in [0.15, 0.2) is 6.61 Å². The van der Waals surface area contributed by atoms with E-state index in [0.29, 0.717) is 12.3 Å². The van der Waals surface area contributed by atoms with Gasteiger partial charge in [-0.25, -0.2) is 4.98 Å². The second-order valence-electron chi connectivity index (χ2n) is 7.33. The van der Waals surface area contributed by atoms with Gasteiger partial charge in [-0.1, -0.05) is 63.2 Å². The maximum absolute atomic E-state index is 12.0. The number of aromatic nitrogens is 1. The van der Waals surface area contributed by atoms with Crippen LogP contribution in [0.5, 0.6) is 5.75 Å². The molecule has 0 atom stereocenters. The number of hydrogen-bond acceptors (Lipinski definition) is 4. The first-order valence-corrected chi connectivity index (χ1v) is 9.80. The van der Waals surface area contributed by atoms with Crippen LogP contribution in [0.3, 0.4) is 0 Å². The van der Waals surface area contributed by atoms with Crippen molar-refractivity contribution in [1.29, 1.82) is 0 Å². The quantitative estimate of drug-likeness (QED) is 0.668. The molecule has 0 saturated heterocycles. The van der Waals surface area contributed by atoms with E-state index in [4.69, 9.17) is 4.74 Å². The summed E-state index contributed by atoms with van der Waals surface area (Å²) in [5, 5.41) is 5.73. The van der Waals surface area contributed by atoms with Crippen molar-refractivity contribution in [3.8, 4) is 17.0 Å². The van der Waals surface area contributed by atoms with Crippen molar-refractivity contribution in [2.45, 2.75) is 32.7 Å². The summed E-state index contributed by atoms with van der Waals surface area (Å²) in [6.07, 6.45) is 0. The number of benzene rings is 2. The van der Waals surface area contributed by atoms with Crippen molar-refractivity contribution in [3.63, 3.8) is 0 Å². The average Bonchev–Trinajstić information content (AvgIpc) is 3.14.